The van der Waals surface area contributed by atoms with Crippen LogP contribution in [0.25, 0.3) is 22.3 Å². The molecule has 7 rings (SSSR count). The van der Waals surface area contributed by atoms with Crippen LogP contribution in [0, 0.1) is 12.8 Å². The van der Waals surface area contributed by atoms with Crippen LogP contribution in [0.1, 0.15) is 81.5 Å². The maximum absolute atomic E-state index is 7.74. The predicted molar refractivity (Wildman–Crippen MR) is 224 cm³/mol. The minimum Gasteiger partial charge on any atom is -0.483 e. The second-order valence-electron chi connectivity index (χ2n) is 15.3. The molecule has 53 heavy (non-hydrogen) atoms. The Morgan fingerprint density at radius 3 is 1.92 bits per heavy atom. The van der Waals surface area contributed by atoms with Crippen molar-refractivity contribution in [3.8, 4) is 28.0 Å². The maximum atomic E-state index is 7.74. The zero-order valence-corrected chi connectivity index (χ0v) is 32.1. The number of hydrogen-bond donors (Lipinski definition) is 0. The number of fused-ring (bicyclic) bond motifs is 1. The van der Waals surface area contributed by atoms with Crippen molar-refractivity contribution in [2.24, 2.45) is 10.9 Å². The van der Waals surface area contributed by atoms with Crippen LogP contribution < -0.4 is 4.74 Å². The number of hydrogen-bond acceptors (Lipinski definition) is 2. The summed E-state index contributed by atoms with van der Waals surface area (Å²) in [7, 11) is 0. The molecule has 0 aliphatic carbocycles. The van der Waals surface area contributed by atoms with Gasteiger partial charge in [0.25, 0.3) is 0 Å². The third-order valence-corrected chi connectivity index (χ3v) is 11.4. The average Bonchev–Trinajstić information content (AvgIpc) is 3.72. The van der Waals surface area contributed by atoms with E-state index < -0.39 is 0 Å². The highest BCUT2D eigenvalue weighted by atomic mass is 16.5. The highest BCUT2D eigenvalue weighted by molar-refractivity contribution is 5.93. The number of aromatic nitrogens is 1. The number of rotatable bonds is 11. The zero-order chi connectivity index (χ0) is 36.8. The number of aliphatic imine (C=N–C) groups is 1. The smallest absolute Gasteiger partial charge is 0.139 e. The van der Waals surface area contributed by atoms with Gasteiger partial charge in [0.2, 0.25) is 0 Å². The highest BCUT2D eigenvalue weighted by Gasteiger charge is 2.42. The van der Waals surface area contributed by atoms with Gasteiger partial charge in [-0.1, -0.05) is 143 Å². The van der Waals surface area contributed by atoms with E-state index in [9.17, 15) is 0 Å². The molecule has 0 bridgehead atoms. The molecule has 270 valence electrons. The molecule has 0 amide bonds. The molecule has 3 heteroatoms. The van der Waals surface area contributed by atoms with Crippen molar-refractivity contribution < 1.29 is 4.74 Å². The lowest BCUT2D eigenvalue weighted by molar-refractivity contribution is 0.166. The van der Waals surface area contributed by atoms with Crippen molar-refractivity contribution in [3.05, 3.63) is 168 Å². The lowest BCUT2D eigenvalue weighted by Crippen LogP contribution is -2.40. The molecular weight excluding hydrogens is 645 g/mol. The van der Waals surface area contributed by atoms with Crippen LogP contribution in [-0.2, 0) is 18.4 Å². The molecule has 0 fully saturated rings. The first-order valence-corrected chi connectivity index (χ1v) is 19.7. The van der Waals surface area contributed by atoms with Gasteiger partial charge >= 0.3 is 0 Å². The molecular formula is C50H54N2O. The SMILES string of the molecule is CCCc1cccc2c1N=C(CCn1cccc1)C(Oc1c(-c3ccccc3)cc(C)cc1-c1ccccc1)C(C)CC(C)(c1ccccc1)C2CC. The fourth-order valence-electron chi connectivity index (χ4n) is 8.94. The van der Waals surface area contributed by atoms with Crippen molar-refractivity contribution in [2.45, 2.75) is 90.7 Å². The molecule has 1 aliphatic rings. The molecule has 2 heterocycles. The molecule has 6 aromatic rings. The van der Waals surface area contributed by atoms with Gasteiger partial charge in [-0.05, 0) is 101 Å². The molecule has 4 unspecified atom stereocenters. The summed E-state index contributed by atoms with van der Waals surface area (Å²) in [5.74, 6) is 1.36. The monoisotopic (exact) mass is 698 g/mol. The van der Waals surface area contributed by atoms with Gasteiger partial charge in [-0.3, -0.25) is 4.99 Å². The van der Waals surface area contributed by atoms with Crippen LogP contribution in [0.5, 0.6) is 5.75 Å². The Balaban J connectivity index is 1.49. The maximum Gasteiger partial charge on any atom is 0.139 e. The van der Waals surface area contributed by atoms with Gasteiger partial charge in [0, 0.05) is 36.5 Å². The first kappa shape index (κ1) is 36.2. The second kappa shape index (κ2) is 16.3. The number of aryl methyl sites for hydroxylation is 3. The largest absolute Gasteiger partial charge is 0.483 e. The van der Waals surface area contributed by atoms with Crippen molar-refractivity contribution >= 4 is 11.4 Å². The summed E-state index contributed by atoms with van der Waals surface area (Å²) in [4.78, 5) is 5.86. The molecule has 0 saturated carbocycles. The summed E-state index contributed by atoms with van der Waals surface area (Å²) in [6.45, 7) is 12.6. The molecule has 3 nitrogen and oxygen atoms in total. The molecule has 0 saturated heterocycles. The molecule has 0 spiro atoms. The topological polar surface area (TPSA) is 26.5 Å². The van der Waals surface area contributed by atoms with E-state index in [0.29, 0.717) is 0 Å². The Morgan fingerprint density at radius 2 is 1.34 bits per heavy atom. The third kappa shape index (κ3) is 7.67. The lowest BCUT2D eigenvalue weighted by atomic mass is 9.63. The van der Waals surface area contributed by atoms with Crippen LogP contribution in [0.4, 0.5) is 5.69 Å². The first-order valence-electron chi connectivity index (χ1n) is 19.7. The minimum absolute atomic E-state index is 0.148. The van der Waals surface area contributed by atoms with E-state index >= 15 is 0 Å². The number of para-hydroxylation sites is 1. The Kier molecular flexibility index (Phi) is 11.1. The predicted octanol–water partition coefficient (Wildman–Crippen LogP) is 13.2. The quantitative estimate of drug-likeness (QED) is 0.132. The molecule has 5 aromatic carbocycles. The summed E-state index contributed by atoms with van der Waals surface area (Å²) in [6, 6.07) is 48.5. The van der Waals surface area contributed by atoms with Crippen LogP contribution in [-0.4, -0.2) is 16.4 Å². The van der Waals surface area contributed by atoms with E-state index in [-0.39, 0.29) is 23.4 Å². The van der Waals surface area contributed by atoms with Crippen molar-refractivity contribution in [1.82, 2.24) is 4.57 Å². The standard InChI is InChI=1S/C50H54N2O/c1-6-20-40-25-19-28-42-45(7-2)50(5,41-26-15-10-16-27-41)35-37(4)48(46(51-47(40)42)29-32-52-30-17-18-31-52)53-49-43(38-21-11-8-12-22-38)33-36(3)34-44(49)39-23-13-9-14-24-39/h8-19,21-28,30-31,33-34,37,45,48H,6-7,20,29,32,35H2,1-5H3. The zero-order valence-electron chi connectivity index (χ0n) is 32.1. The van der Waals surface area contributed by atoms with Crippen LogP contribution in [0.2, 0.25) is 0 Å². The molecule has 1 aromatic heterocycles. The number of benzene rings is 5. The number of ether oxygens (including phenoxy) is 1. The van der Waals surface area contributed by atoms with Crippen LogP contribution >= 0.6 is 0 Å². The van der Waals surface area contributed by atoms with Gasteiger partial charge in [-0.25, -0.2) is 0 Å². The lowest BCUT2D eigenvalue weighted by Gasteiger charge is -2.41. The van der Waals surface area contributed by atoms with Gasteiger partial charge in [0.15, 0.2) is 0 Å². The van der Waals surface area contributed by atoms with E-state index in [2.05, 4.69) is 185 Å². The van der Waals surface area contributed by atoms with Gasteiger partial charge in [-0.15, -0.1) is 0 Å². The summed E-state index contributed by atoms with van der Waals surface area (Å²) in [5.41, 5.74) is 11.9. The second-order valence-corrected chi connectivity index (χ2v) is 15.3. The van der Waals surface area contributed by atoms with Gasteiger partial charge in [-0.2, -0.15) is 0 Å². The summed E-state index contributed by atoms with van der Waals surface area (Å²) < 4.78 is 10.0. The van der Waals surface area contributed by atoms with Crippen LogP contribution in [0.15, 0.2) is 151 Å². The Morgan fingerprint density at radius 1 is 0.736 bits per heavy atom. The average molecular weight is 699 g/mol. The molecule has 1 aliphatic heterocycles. The minimum atomic E-state index is -0.264. The first-order chi connectivity index (χ1) is 25.9. The highest BCUT2D eigenvalue weighted by Crippen LogP contribution is 2.51. The van der Waals surface area contributed by atoms with Gasteiger partial charge in [0.05, 0.1) is 11.4 Å². The van der Waals surface area contributed by atoms with E-state index in [1.165, 1.54) is 22.3 Å². The number of nitrogens with zero attached hydrogens (tertiary/aromatic N) is 2. The van der Waals surface area contributed by atoms with E-state index in [4.69, 9.17) is 9.73 Å². The van der Waals surface area contributed by atoms with Gasteiger partial charge < -0.3 is 9.30 Å². The molecule has 0 N–H and O–H groups in total. The molecule has 4 atom stereocenters. The Bertz CT molecular complexity index is 2060. The fourth-order valence-corrected chi connectivity index (χ4v) is 8.94. The van der Waals surface area contributed by atoms with E-state index in [1.807, 2.05) is 0 Å². The summed E-state index contributed by atoms with van der Waals surface area (Å²) >= 11 is 0. The molecule has 0 radical (unpaired) electrons. The van der Waals surface area contributed by atoms with Crippen LogP contribution in [0.3, 0.4) is 0 Å². The van der Waals surface area contributed by atoms with Crippen molar-refractivity contribution in [2.75, 3.05) is 0 Å². The summed E-state index contributed by atoms with van der Waals surface area (Å²) in [5, 5.41) is 0. The third-order valence-electron chi connectivity index (χ3n) is 11.4. The normalized spacial score (nSPS) is 20.1. The summed E-state index contributed by atoms with van der Waals surface area (Å²) in [6.07, 6.45) is 8.87. The van der Waals surface area contributed by atoms with Gasteiger partial charge in [0.1, 0.15) is 11.9 Å². The fraction of sp³-hybridized carbons (Fsp3) is 0.300. The Labute approximate surface area is 317 Å². The van der Waals surface area contributed by atoms with Crippen molar-refractivity contribution in [1.29, 1.82) is 0 Å². The Hall–Kier alpha value is -5.15. The van der Waals surface area contributed by atoms with E-state index in [1.54, 1.807) is 0 Å². The van der Waals surface area contributed by atoms with Crippen molar-refractivity contribution in [3.63, 3.8) is 0 Å². The van der Waals surface area contributed by atoms with E-state index in [0.717, 1.165) is 78.1 Å².